The summed E-state index contributed by atoms with van der Waals surface area (Å²) in [5.74, 6) is 1.14. The van der Waals surface area contributed by atoms with Crippen LogP contribution in [-0.4, -0.2) is 29.6 Å². The Morgan fingerprint density at radius 2 is 2.11 bits per heavy atom. The van der Waals surface area contributed by atoms with Gasteiger partial charge in [-0.2, -0.15) is 0 Å². The Bertz CT molecular complexity index is 466. The van der Waals surface area contributed by atoms with E-state index in [0.29, 0.717) is 22.8 Å². The van der Waals surface area contributed by atoms with Crippen molar-refractivity contribution in [3.05, 3.63) is 20.6 Å². The van der Waals surface area contributed by atoms with Crippen LogP contribution >= 0.6 is 28.1 Å². The van der Waals surface area contributed by atoms with Gasteiger partial charge in [-0.1, -0.05) is 26.1 Å². The van der Waals surface area contributed by atoms with Crippen LogP contribution in [0.2, 0.25) is 0 Å². The summed E-state index contributed by atoms with van der Waals surface area (Å²) in [6.45, 7) is 3.87. The molecule has 0 saturated heterocycles. The molecule has 0 unspecified atom stereocenters. The highest BCUT2D eigenvalue weighted by molar-refractivity contribution is 9.10. The number of aromatic amines is 1. The molecule has 1 heterocycles. The van der Waals surface area contributed by atoms with Gasteiger partial charge in [0.25, 0.3) is 6.43 Å². The van der Waals surface area contributed by atoms with E-state index >= 15 is 0 Å². The lowest BCUT2D eigenvalue weighted by Crippen LogP contribution is -2.10. The van der Waals surface area contributed by atoms with E-state index in [0.717, 1.165) is 16.6 Å². The average molecular weight is 355 g/mol. The molecule has 3 nitrogen and oxygen atoms in total. The summed E-state index contributed by atoms with van der Waals surface area (Å²) in [7, 11) is 0. The Morgan fingerprint density at radius 1 is 1.42 bits per heavy atom. The molecule has 0 aliphatic carbocycles. The number of alkyl halides is 2. The van der Waals surface area contributed by atoms with Crippen molar-refractivity contribution in [1.82, 2.24) is 9.97 Å². The SMILES string of the molecule is CC(C)Cc1[nH]c(CCOCC(F)F)nc(=S)c1Br. The topological polar surface area (TPSA) is 37.9 Å². The van der Waals surface area contributed by atoms with Gasteiger partial charge in [0, 0.05) is 12.1 Å². The Kier molecular flexibility index (Phi) is 7.02. The van der Waals surface area contributed by atoms with E-state index in [1.807, 2.05) is 0 Å². The number of ether oxygens (including phenoxy) is 1. The summed E-state index contributed by atoms with van der Waals surface area (Å²) >= 11 is 8.58. The standard InChI is InChI=1S/C12H17BrF2N2OS/c1-7(2)5-8-11(13)12(19)17-10(16-8)3-4-18-6-9(14)15/h7,9H,3-6H2,1-2H3,(H,16,17,19). The third-order valence-electron chi connectivity index (χ3n) is 2.32. The predicted molar refractivity (Wildman–Crippen MR) is 76.2 cm³/mol. The largest absolute Gasteiger partial charge is 0.375 e. The first kappa shape index (κ1) is 16.7. The highest BCUT2D eigenvalue weighted by atomic mass is 79.9. The summed E-state index contributed by atoms with van der Waals surface area (Å²) < 4.78 is 29.9. The number of nitrogens with one attached hydrogen (secondary N) is 1. The molecule has 0 aliphatic rings. The summed E-state index contributed by atoms with van der Waals surface area (Å²) in [4.78, 5) is 7.38. The van der Waals surface area contributed by atoms with Gasteiger partial charge in [-0.15, -0.1) is 0 Å². The lowest BCUT2D eigenvalue weighted by molar-refractivity contribution is 0.0182. The maximum Gasteiger partial charge on any atom is 0.261 e. The summed E-state index contributed by atoms with van der Waals surface area (Å²) in [6.07, 6.45) is -1.15. The van der Waals surface area contributed by atoms with Crippen LogP contribution in [0.25, 0.3) is 0 Å². The monoisotopic (exact) mass is 354 g/mol. The van der Waals surface area contributed by atoms with Crippen LogP contribution in [0, 0.1) is 10.6 Å². The molecule has 108 valence electrons. The van der Waals surface area contributed by atoms with E-state index in [9.17, 15) is 8.78 Å². The lowest BCUT2D eigenvalue weighted by Gasteiger charge is -2.10. The summed E-state index contributed by atoms with van der Waals surface area (Å²) in [5.41, 5.74) is 0.985. The minimum absolute atomic E-state index is 0.200. The average Bonchev–Trinajstić information content (AvgIpc) is 2.30. The van der Waals surface area contributed by atoms with Gasteiger partial charge >= 0.3 is 0 Å². The van der Waals surface area contributed by atoms with Gasteiger partial charge < -0.3 is 9.72 Å². The molecule has 1 rings (SSSR count). The second kappa shape index (κ2) is 8.01. The zero-order valence-electron chi connectivity index (χ0n) is 10.9. The molecule has 0 fully saturated rings. The van der Waals surface area contributed by atoms with Crippen molar-refractivity contribution >= 4 is 28.1 Å². The van der Waals surface area contributed by atoms with Gasteiger partial charge in [-0.25, -0.2) is 13.8 Å². The van der Waals surface area contributed by atoms with Crippen LogP contribution in [0.5, 0.6) is 0 Å². The van der Waals surface area contributed by atoms with Crippen LogP contribution < -0.4 is 0 Å². The van der Waals surface area contributed by atoms with Crippen molar-refractivity contribution in [2.45, 2.75) is 33.1 Å². The molecule has 7 heteroatoms. The van der Waals surface area contributed by atoms with E-state index in [-0.39, 0.29) is 6.61 Å². The van der Waals surface area contributed by atoms with E-state index in [1.54, 1.807) is 0 Å². The van der Waals surface area contributed by atoms with Gasteiger partial charge in [-0.3, -0.25) is 0 Å². The molecule has 0 aliphatic heterocycles. The fourth-order valence-corrected chi connectivity index (χ4v) is 2.15. The molecular formula is C12H17BrF2N2OS. The maximum absolute atomic E-state index is 11.9. The van der Waals surface area contributed by atoms with Gasteiger partial charge in [0.2, 0.25) is 0 Å². The second-order valence-electron chi connectivity index (χ2n) is 4.60. The van der Waals surface area contributed by atoms with E-state index < -0.39 is 13.0 Å². The molecule has 1 aromatic rings. The third kappa shape index (κ3) is 6.05. The molecular weight excluding hydrogens is 338 g/mol. The first-order valence-electron chi connectivity index (χ1n) is 6.03. The molecule has 0 amide bonds. The zero-order chi connectivity index (χ0) is 14.4. The van der Waals surface area contributed by atoms with Crippen LogP contribution in [-0.2, 0) is 17.6 Å². The smallest absolute Gasteiger partial charge is 0.261 e. The van der Waals surface area contributed by atoms with Gasteiger partial charge in [0.15, 0.2) is 0 Å². The fraction of sp³-hybridized carbons (Fsp3) is 0.667. The lowest BCUT2D eigenvalue weighted by atomic mass is 10.1. The van der Waals surface area contributed by atoms with Crippen molar-refractivity contribution in [1.29, 1.82) is 0 Å². The highest BCUT2D eigenvalue weighted by Crippen LogP contribution is 2.19. The van der Waals surface area contributed by atoms with Crippen LogP contribution in [0.15, 0.2) is 4.47 Å². The molecule has 1 N–H and O–H groups in total. The molecule has 19 heavy (non-hydrogen) atoms. The molecule has 1 aromatic heterocycles. The number of rotatable bonds is 7. The third-order valence-corrected chi connectivity index (χ3v) is 3.74. The van der Waals surface area contributed by atoms with Gasteiger partial charge in [0.1, 0.15) is 17.1 Å². The fourth-order valence-electron chi connectivity index (χ4n) is 1.57. The molecule has 0 aromatic carbocycles. The minimum atomic E-state index is -2.44. The highest BCUT2D eigenvalue weighted by Gasteiger charge is 2.09. The van der Waals surface area contributed by atoms with E-state index in [4.69, 9.17) is 17.0 Å². The second-order valence-corrected chi connectivity index (χ2v) is 5.77. The first-order chi connectivity index (χ1) is 8.90. The van der Waals surface area contributed by atoms with Crippen molar-refractivity contribution in [2.75, 3.05) is 13.2 Å². The van der Waals surface area contributed by atoms with Crippen LogP contribution in [0.1, 0.15) is 25.4 Å². The van der Waals surface area contributed by atoms with Crippen molar-refractivity contribution in [2.24, 2.45) is 5.92 Å². The van der Waals surface area contributed by atoms with Crippen LogP contribution in [0.4, 0.5) is 8.78 Å². The van der Waals surface area contributed by atoms with Crippen molar-refractivity contribution in [3.8, 4) is 0 Å². The number of H-pyrrole nitrogens is 1. The quantitative estimate of drug-likeness (QED) is 0.595. The summed E-state index contributed by atoms with van der Waals surface area (Å²) in [6, 6.07) is 0. The van der Waals surface area contributed by atoms with Crippen LogP contribution in [0.3, 0.4) is 0 Å². The van der Waals surface area contributed by atoms with Crippen molar-refractivity contribution in [3.63, 3.8) is 0 Å². The van der Waals surface area contributed by atoms with Crippen molar-refractivity contribution < 1.29 is 13.5 Å². The Labute approximate surface area is 124 Å². The summed E-state index contributed by atoms with van der Waals surface area (Å²) in [5, 5.41) is 0. The number of aromatic nitrogens is 2. The van der Waals surface area contributed by atoms with E-state index in [2.05, 4.69) is 39.7 Å². The number of nitrogens with zero attached hydrogens (tertiary/aromatic N) is 1. The predicted octanol–water partition coefficient (Wildman–Crippen LogP) is 3.92. The molecule has 0 saturated carbocycles. The normalized spacial score (nSPS) is 11.5. The molecule has 0 bridgehead atoms. The molecule has 0 radical (unpaired) electrons. The zero-order valence-corrected chi connectivity index (χ0v) is 13.3. The Morgan fingerprint density at radius 3 is 2.68 bits per heavy atom. The Balaban J connectivity index is 2.68. The van der Waals surface area contributed by atoms with Gasteiger partial charge in [-0.05, 0) is 28.3 Å². The van der Waals surface area contributed by atoms with E-state index in [1.165, 1.54) is 0 Å². The maximum atomic E-state index is 11.9. The first-order valence-corrected chi connectivity index (χ1v) is 7.23. The Hall–Kier alpha value is -0.400. The van der Waals surface area contributed by atoms with Gasteiger partial charge in [0.05, 0.1) is 11.1 Å². The minimum Gasteiger partial charge on any atom is -0.375 e. The molecule has 0 spiro atoms. The molecule has 0 atom stereocenters. The number of hydrogen-bond donors (Lipinski definition) is 1. The number of halogens is 3. The number of hydrogen-bond acceptors (Lipinski definition) is 3.